The molecule has 1 unspecified atom stereocenters. The molecular weight excluding hydrogens is 282 g/mol. The van der Waals surface area contributed by atoms with Gasteiger partial charge in [0.25, 0.3) is 0 Å². The molecule has 1 rings (SSSR count). The van der Waals surface area contributed by atoms with Gasteiger partial charge in [0.1, 0.15) is 21.9 Å². The van der Waals surface area contributed by atoms with Crippen LogP contribution in [0.4, 0.5) is 0 Å². The third kappa shape index (κ3) is 5.43. The van der Waals surface area contributed by atoms with E-state index in [1.54, 1.807) is 24.3 Å². The van der Waals surface area contributed by atoms with Crippen LogP contribution in [0, 0.1) is 0 Å². The fourth-order valence-electron chi connectivity index (χ4n) is 1.37. The molecule has 0 aliphatic rings. The number of alkyl halides is 1. The van der Waals surface area contributed by atoms with Crippen LogP contribution in [-0.2, 0) is 11.4 Å². The normalized spacial score (nSPS) is 14.5. The number of hydrogen-bond donors (Lipinski definition) is 1. The van der Waals surface area contributed by atoms with E-state index < -0.39 is 11.4 Å². The second kappa shape index (κ2) is 7.17. The highest BCUT2D eigenvalue weighted by atomic mass is 35.5. The van der Waals surface area contributed by atoms with Crippen LogP contribution in [0.3, 0.4) is 0 Å². The van der Waals surface area contributed by atoms with Crippen molar-refractivity contribution in [2.24, 2.45) is 4.40 Å². The maximum Gasteiger partial charge on any atom is 0.144 e. The highest BCUT2D eigenvalue weighted by molar-refractivity contribution is 7.91. The Bertz CT molecular complexity index is 426. The molecule has 0 spiro atoms. The number of halogens is 1. The minimum Gasteiger partial charge on any atom is -0.591 e. The van der Waals surface area contributed by atoms with Crippen LogP contribution in [0.25, 0.3) is 0 Å². The van der Waals surface area contributed by atoms with Crippen molar-refractivity contribution < 1.29 is 9.66 Å². The Kier molecular flexibility index (Phi) is 6.17. The summed E-state index contributed by atoms with van der Waals surface area (Å²) in [5, 5.41) is 9.30. The van der Waals surface area contributed by atoms with Crippen LogP contribution in [0.1, 0.15) is 39.2 Å². The summed E-state index contributed by atoms with van der Waals surface area (Å²) in [5.74, 6) is 0.747. The van der Waals surface area contributed by atoms with Gasteiger partial charge in [-0.1, -0.05) is 4.40 Å². The van der Waals surface area contributed by atoms with Gasteiger partial charge in [0.2, 0.25) is 0 Å². The van der Waals surface area contributed by atoms with Crippen LogP contribution < -0.4 is 0 Å². The van der Waals surface area contributed by atoms with Gasteiger partial charge in [0, 0.05) is 11.4 Å². The maximum atomic E-state index is 12.1. The van der Waals surface area contributed by atoms with Crippen molar-refractivity contribution in [2.75, 3.05) is 5.88 Å². The second-order valence-electron chi connectivity index (χ2n) is 5.24. The van der Waals surface area contributed by atoms with Gasteiger partial charge in [-0.3, -0.25) is 0 Å². The summed E-state index contributed by atoms with van der Waals surface area (Å²) in [6.07, 6.45) is 1.46. The topological polar surface area (TPSA) is 55.7 Å². The summed E-state index contributed by atoms with van der Waals surface area (Å²) in [6, 6.07) is 6.77. The van der Waals surface area contributed by atoms with Gasteiger partial charge < -0.3 is 9.66 Å². The molecule has 1 aromatic rings. The molecule has 0 aliphatic heterocycles. The van der Waals surface area contributed by atoms with E-state index in [2.05, 4.69) is 4.40 Å². The minimum atomic E-state index is -1.29. The first-order valence-electron chi connectivity index (χ1n) is 6.19. The van der Waals surface area contributed by atoms with Crippen LogP contribution in [0.5, 0.6) is 5.75 Å². The molecule has 5 heteroatoms. The van der Waals surface area contributed by atoms with Crippen molar-refractivity contribution >= 4 is 28.7 Å². The molecular formula is C14H20ClNO2S. The van der Waals surface area contributed by atoms with E-state index in [1.807, 2.05) is 20.8 Å². The van der Waals surface area contributed by atoms with Gasteiger partial charge >= 0.3 is 0 Å². The zero-order chi connectivity index (χ0) is 14.5. The molecule has 0 aromatic heterocycles. The molecule has 0 amide bonds. The Morgan fingerprint density at radius 2 is 1.89 bits per heavy atom. The van der Waals surface area contributed by atoms with Crippen LogP contribution in [-0.4, -0.2) is 26.0 Å². The number of hydrogen-bond acceptors (Lipinski definition) is 3. The first-order valence-corrected chi connectivity index (χ1v) is 7.83. The quantitative estimate of drug-likeness (QED) is 0.512. The minimum absolute atomic E-state index is 0.206. The van der Waals surface area contributed by atoms with E-state index in [0.717, 1.165) is 17.7 Å². The van der Waals surface area contributed by atoms with Gasteiger partial charge in [-0.05, 0) is 57.9 Å². The number of nitrogens with zero attached hydrogens (tertiary/aromatic N) is 1. The zero-order valence-corrected chi connectivity index (χ0v) is 13.1. The lowest BCUT2D eigenvalue weighted by Gasteiger charge is -2.19. The van der Waals surface area contributed by atoms with Crippen molar-refractivity contribution in [3.05, 3.63) is 29.8 Å². The first-order chi connectivity index (χ1) is 8.84. The van der Waals surface area contributed by atoms with E-state index in [-0.39, 0.29) is 10.5 Å². The molecule has 0 aliphatic carbocycles. The molecule has 0 heterocycles. The summed E-state index contributed by atoms with van der Waals surface area (Å²) >= 11 is 4.42. The third-order valence-electron chi connectivity index (χ3n) is 2.46. The maximum absolute atomic E-state index is 12.1. The average molecular weight is 302 g/mol. The third-order valence-corrected chi connectivity index (χ3v) is 4.17. The SMILES string of the molecule is CC(C)(C)[S+]([O-])/N=C(\CCCCl)c1ccc(O)cc1. The summed E-state index contributed by atoms with van der Waals surface area (Å²) in [5.41, 5.74) is 1.65. The molecule has 0 saturated heterocycles. The van der Waals surface area contributed by atoms with Crippen molar-refractivity contribution in [1.29, 1.82) is 0 Å². The standard InChI is InChI=1S/C14H20ClNO2S/c1-14(2,3)19(18)16-13(5-4-10-15)11-6-8-12(17)9-7-11/h6-9,17H,4-5,10H2,1-3H3/b16-13+. The molecule has 106 valence electrons. The van der Waals surface area contributed by atoms with Gasteiger partial charge in [-0.15, -0.1) is 11.6 Å². The number of phenolic OH excluding ortho intramolecular Hbond substituents is 1. The predicted octanol–water partition coefficient (Wildman–Crippen LogP) is 3.66. The molecule has 0 saturated carbocycles. The Morgan fingerprint density at radius 1 is 1.32 bits per heavy atom. The number of aromatic hydroxyl groups is 1. The number of phenols is 1. The smallest absolute Gasteiger partial charge is 0.144 e. The van der Waals surface area contributed by atoms with Crippen molar-refractivity contribution in [1.82, 2.24) is 0 Å². The van der Waals surface area contributed by atoms with Gasteiger partial charge in [0.05, 0.1) is 5.71 Å². The summed E-state index contributed by atoms with van der Waals surface area (Å²) in [7, 11) is 0. The van der Waals surface area contributed by atoms with Gasteiger partial charge in [0.15, 0.2) is 0 Å². The Labute approximate surface area is 123 Å². The fraction of sp³-hybridized carbons (Fsp3) is 0.500. The van der Waals surface area contributed by atoms with Crippen LogP contribution in [0.15, 0.2) is 28.7 Å². The second-order valence-corrected chi connectivity index (χ2v) is 7.52. The predicted molar refractivity (Wildman–Crippen MR) is 82.5 cm³/mol. The fourth-order valence-corrected chi connectivity index (χ4v) is 2.17. The Morgan fingerprint density at radius 3 is 2.37 bits per heavy atom. The van der Waals surface area contributed by atoms with Gasteiger partial charge in [-0.25, -0.2) is 0 Å². The van der Waals surface area contributed by atoms with E-state index in [9.17, 15) is 9.66 Å². The lowest BCUT2D eigenvalue weighted by molar-refractivity contribution is 0.475. The number of rotatable bonds is 5. The zero-order valence-electron chi connectivity index (χ0n) is 11.5. The van der Waals surface area contributed by atoms with Crippen molar-refractivity contribution in [3.63, 3.8) is 0 Å². The Hall–Kier alpha value is -0.710. The lowest BCUT2D eigenvalue weighted by atomic mass is 10.1. The molecule has 3 nitrogen and oxygen atoms in total. The lowest BCUT2D eigenvalue weighted by Crippen LogP contribution is -2.27. The van der Waals surface area contributed by atoms with Crippen LogP contribution >= 0.6 is 11.6 Å². The molecule has 0 fully saturated rings. The van der Waals surface area contributed by atoms with E-state index >= 15 is 0 Å². The molecule has 1 aromatic carbocycles. The molecule has 1 N–H and O–H groups in total. The van der Waals surface area contributed by atoms with E-state index in [1.165, 1.54) is 0 Å². The van der Waals surface area contributed by atoms with E-state index in [4.69, 9.17) is 11.6 Å². The summed E-state index contributed by atoms with van der Waals surface area (Å²) in [4.78, 5) is 0. The highest BCUT2D eigenvalue weighted by Crippen LogP contribution is 2.20. The Balaban J connectivity index is 3.00. The molecule has 19 heavy (non-hydrogen) atoms. The van der Waals surface area contributed by atoms with Gasteiger partial charge in [-0.2, -0.15) is 0 Å². The summed E-state index contributed by atoms with van der Waals surface area (Å²) in [6.45, 7) is 5.67. The average Bonchev–Trinajstić information content (AvgIpc) is 2.34. The van der Waals surface area contributed by atoms with Crippen LogP contribution in [0.2, 0.25) is 0 Å². The summed E-state index contributed by atoms with van der Waals surface area (Å²) < 4.78 is 16.1. The molecule has 0 radical (unpaired) electrons. The van der Waals surface area contributed by atoms with E-state index in [0.29, 0.717) is 12.3 Å². The highest BCUT2D eigenvalue weighted by Gasteiger charge is 2.27. The molecule has 0 bridgehead atoms. The number of benzene rings is 1. The largest absolute Gasteiger partial charge is 0.591 e. The molecule has 1 atom stereocenters. The van der Waals surface area contributed by atoms with Crippen molar-refractivity contribution in [3.8, 4) is 5.75 Å². The monoisotopic (exact) mass is 301 g/mol. The first kappa shape index (κ1) is 16.3. The van der Waals surface area contributed by atoms with Crippen molar-refractivity contribution in [2.45, 2.75) is 38.4 Å².